The number of nitrogens with zero attached hydrogens (tertiary/aromatic N) is 2. The molecule has 0 bridgehead atoms. The van der Waals surface area contributed by atoms with Crippen LogP contribution < -0.4 is 11.1 Å². The predicted molar refractivity (Wildman–Crippen MR) is 88.8 cm³/mol. The van der Waals surface area contributed by atoms with Crippen LogP contribution in [0.25, 0.3) is 0 Å². The molecule has 1 aliphatic rings. The molecule has 6 heteroatoms. The monoisotopic (exact) mass is 362 g/mol. The standard InChI is InChI=1S/C16H19BrN4O/c1-3-21-12-7-8-19-13(14(12)20-16(21)15(18)22)10-5-4-6-11(17)9(10)2/h4-6,13,19H,3,7-8H2,1-2H3,(H2,18,22). The van der Waals surface area contributed by atoms with E-state index in [1.54, 1.807) is 0 Å². The van der Waals surface area contributed by atoms with Crippen LogP contribution in [-0.4, -0.2) is 22.0 Å². The maximum absolute atomic E-state index is 11.7. The number of imidazole rings is 1. The van der Waals surface area contributed by atoms with Crippen LogP contribution in [-0.2, 0) is 13.0 Å². The molecule has 2 aromatic rings. The number of aromatic nitrogens is 2. The van der Waals surface area contributed by atoms with Gasteiger partial charge in [-0.25, -0.2) is 4.98 Å². The highest BCUT2D eigenvalue weighted by atomic mass is 79.9. The van der Waals surface area contributed by atoms with Gasteiger partial charge in [-0.05, 0) is 31.0 Å². The molecule has 1 aliphatic heterocycles. The number of benzene rings is 1. The fourth-order valence-corrected chi connectivity index (χ4v) is 3.54. The van der Waals surface area contributed by atoms with Crippen LogP contribution >= 0.6 is 15.9 Å². The van der Waals surface area contributed by atoms with Gasteiger partial charge < -0.3 is 15.6 Å². The lowest BCUT2D eigenvalue weighted by Gasteiger charge is -2.26. The number of fused-ring (bicyclic) bond motifs is 1. The van der Waals surface area contributed by atoms with Crippen LogP contribution in [0, 0.1) is 6.92 Å². The second-order valence-electron chi connectivity index (χ2n) is 5.47. The number of halogens is 1. The Morgan fingerprint density at radius 3 is 3.00 bits per heavy atom. The van der Waals surface area contributed by atoms with Crippen molar-refractivity contribution >= 4 is 21.8 Å². The topological polar surface area (TPSA) is 72.9 Å². The van der Waals surface area contributed by atoms with Gasteiger partial charge in [0, 0.05) is 29.7 Å². The molecular weight excluding hydrogens is 344 g/mol. The maximum Gasteiger partial charge on any atom is 0.284 e. The van der Waals surface area contributed by atoms with Crippen molar-refractivity contribution in [3.05, 3.63) is 51.0 Å². The summed E-state index contributed by atoms with van der Waals surface area (Å²) in [5.41, 5.74) is 9.87. The van der Waals surface area contributed by atoms with E-state index >= 15 is 0 Å². The lowest BCUT2D eigenvalue weighted by molar-refractivity contribution is 0.0986. The van der Waals surface area contributed by atoms with Gasteiger partial charge in [0.15, 0.2) is 5.82 Å². The third kappa shape index (κ3) is 2.36. The van der Waals surface area contributed by atoms with Crippen molar-refractivity contribution in [2.24, 2.45) is 5.73 Å². The quantitative estimate of drug-likeness (QED) is 0.879. The highest BCUT2D eigenvalue weighted by Gasteiger charge is 2.30. The summed E-state index contributed by atoms with van der Waals surface area (Å²) in [7, 11) is 0. The maximum atomic E-state index is 11.7. The van der Waals surface area contributed by atoms with E-state index in [-0.39, 0.29) is 6.04 Å². The molecule has 0 fully saturated rings. The summed E-state index contributed by atoms with van der Waals surface area (Å²) in [4.78, 5) is 16.2. The Morgan fingerprint density at radius 1 is 1.55 bits per heavy atom. The molecule has 0 aliphatic carbocycles. The Bertz CT molecular complexity index is 738. The van der Waals surface area contributed by atoms with Gasteiger partial charge in [0.05, 0.1) is 11.7 Å². The van der Waals surface area contributed by atoms with Crippen LogP contribution in [0.3, 0.4) is 0 Å². The summed E-state index contributed by atoms with van der Waals surface area (Å²) >= 11 is 3.58. The minimum atomic E-state index is -0.471. The Morgan fingerprint density at radius 2 is 2.32 bits per heavy atom. The number of rotatable bonds is 3. The van der Waals surface area contributed by atoms with E-state index in [4.69, 9.17) is 5.73 Å². The lowest BCUT2D eigenvalue weighted by Crippen LogP contribution is -2.32. The van der Waals surface area contributed by atoms with Crippen LogP contribution in [0.2, 0.25) is 0 Å². The first-order valence-corrected chi connectivity index (χ1v) is 8.21. The van der Waals surface area contributed by atoms with Crippen molar-refractivity contribution in [2.45, 2.75) is 32.9 Å². The molecule has 1 atom stereocenters. The van der Waals surface area contributed by atoms with Crippen molar-refractivity contribution in [1.82, 2.24) is 14.9 Å². The average Bonchev–Trinajstić information content (AvgIpc) is 2.89. The zero-order valence-corrected chi connectivity index (χ0v) is 14.3. The Hall–Kier alpha value is -1.66. The van der Waals surface area contributed by atoms with Gasteiger partial charge in [-0.15, -0.1) is 0 Å². The first kappa shape index (κ1) is 15.2. The molecule has 0 spiro atoms. The van der Waals surface area contributed by atoms with Crippen LogP contribution in [0.1, 0.15) is 46.1 Å². The SMILES string of the molecule is CCn1c(C(N)=O)nc2c1CCNC2c1cccc(Br)c1C. The van der Waals surface area contributed by atoms with Crippen molar-refractivity contribution in [1.29, 1.82) is 0 Å². The van der Waals surface area contributed by atoms with E-state index in [2.05, 4.69) is 39.2 Å². The molecule has 0 saturated carbocycles. The van der Waals surface area contributed by atoms with E-state index in [9.17, 15) is 4.79 Å². The summed E-state index contributed by atoms with van der Waals surface area (Å²) < 4.78 is 3.02. The molecule has 1 aromatic carbocycles. The molecule has 0 radical (unpaired) electrons. The molecule has 1 aromatic heterocycles. The van der Waals surface area contributed by atoms with Crippen LogP contribution in [0.4, 0.5) is 0 Å². The van der Waals surface area contributed by atoms with E-state index in [0.717, 1.165) is 28.8 Å². The molecule has 3 rings (SSSR count). The van der Waals surface area contributed by atoms with Gasteiger partial charge in [0.2, 0.25) is 0 Å². The molecule has 116 valence electrons. The van der Waals surface area contributed by atoms with Crippen molar-refractivity contribution in [3.8, 4) is 0 Å². The molecule has 1 amide bonds. The van der Waals surface area contributed by atoms with Crippen molar-refractivity contribution in [2.75, 3.05) is 6.54 Å². The van der Waals surface area contributed by atoms with Crippen LogP contribution in [0.15, 0.2) is 22.7 Å². The number of carbonyl (C=O) groups is 1. The van der Waals surface area contributed by atoms with Crippen molar-refractivity contribution < 1.29 is 4.79 Å². The molecule has 0 saturated heterocycles. The smallest absolute Gasteiger partial charge is 0.284 e. The zero-order chi connectivity index (χ0) is 15.9. The largest absolute Gasteiger partial charge is 0.363 e. The molecule has 5 nitrogen and oxygen atoms in total. The Labute approximate surface area is 138 Å². The second-order valence-corrected chi connectivity index (χ2v) is 6.32. The molecule has 1 unspecified atom stereocenters. The highest BCUT2D eigenvalue weighted by molar-refractivity contribution is 9.10. The van der Waals surface area contributed by atoms with E-state index in [1.807, 2.05) is 23.6 Å². The Kier molecular flexibility index (Phi) is 4.06. The number of hydrogen-bond donors (Lipinski definition) is 2. The van der Waals surface area contributed by atoms with Gasteiger partial charge >= 0.3 is 0 Å². The third-order valence-electron chi connectivity index (χ3n) is 4.24. The highest BCUT2D eigenvalue weighted by Crippen LogP contribution is 2.33. The average molecular weight is 363 g/mol. The van der Waals surface area contributed by atoms with Crippen LogP contribution in [0.5, 0.6) is 0 Å². The molecular formula is C16H19BrN4O. The fraction of sp³-hybridized carbons (Fsp3) is 0.375. The second kappa shape index (κ2) is 5.85. The normalized spacial score (nSPS) is 17.3. The first-order valence-electron chi connectivity index (χ1n) is 7.42. The molecule has 3 N–H and O–H groups in total. The summed E-state index contributed by atoms with van der Waals surface area (Å²) in [6, 6.07) is 6.14. The number of amides is 1. The number of primary amides is 1. The summed E-state index contributed by atoms with van der Waals surface area (Å²) in [5.74, 6) is -0.116. The summed E-state index contributed by atoms with van der Waals surface area (Å²) in [6.45, 7) is 5.65. The molecule has 22 heavy (non-hydrogen) atoms. The summed E-state index contributed by atoms with van der Waals surface area (Å²) in [6.07, 6.45) is 0.854. The fourth-order valence-electron chi connectivity index (χ4n) is 3.15. The minimum absolute atomic E-state index is 0.00727. The van der Waals surface area contributed by atoms with Gasteiger partial charge in [0.1, 0.15) is 0 Å². The third-order valence-corrected chi connectivity index (χ3v) is 5.10. The Balaban J connectivity index is 2.16. The first-order chi connectivity index (χ1) is 10.5. The number of carbonyl (C=O) groups excluding carboxylic acids is 1. The van der Waals surface area contributed by atoms with Gasteiger partial charge in [-0.3, -0.25) is 4.79 Å². The lowest BCUT2D eigenvalue weighted by atomic mass is 9.94. The minimum Gasteiger partial charge on any atom is -0.363 e. The number of hydrogen-bond acceptors (Lipinski definition) is 3. The van der Waals surface area contributed by atoms with Gasteiger partial charge in [-0.2, -0.15) is 0 Å². The van der Waals surface area contributed by atoms with Crippen molar-refractivity contribution in [3.63, 3.8) is 0 Å². The molecule has 2 heterocycles. The van der Waals surface area contributed by atoms with E-state index in [0.29, 0.717) is 12.4 Å². The number of nitrogens with two attached hydrogens (primary N) is 1. The van der Waals surface area contributed by atoms with Gasteiger partial charge in [-0.1, -0.05) is 28.1 Å². The number of nitrogens with one attached hydrogen (secondary N) is 1. The van der Waals surface area contributed by atoms with E-state index in [1.165, 1.54) is 11.1 Å². The summed E-state index contributed by atoms with van der Waals surface area (Å²) in [5, 5.41) is 3.51. The van der Waals surface area contributed by atoms with E-state index < -0.39 is 5.91 Å². The predicted octanol–water partition coefficient (Wildman–Crippen LogP) is 2.31. The van der Waals surface area contributed by atoms with Gasteiger partial charge in [0.25, 0.3) is 5.91 Å². The zero-order valence-electron chi connectivity index (χ0n) is 12.7.